The molecule has 1 fully saturated rings. The van der Waals surface area contributed by atoms with Gasteiger partial charge in [0, 0.05) is 38.2 Å². The van der Waals surface area contributed by atoms with E-state index in [-0.39, 0.29) is 0 Å². The number of aliphatic imine (C=N–C) groups is 1. The molecule has 1 N–H and O–H groups in total. The number of fused-ring (bicyclic) bond motifs is 2. The van der Waals surface area contributed by atoms with Crippen molar-refractivity contribution in [1.82, 2.24) is 10.2 Å². The first-order valence-electron chi connectivity index (χ1n) is 7.62. The predicted octanol–water partition coefficient (Wildman–Crippen LogP) is 2.57. The van der Waals surface area contributed by atoms with E-state index in [1.54, 1.807) is 0 Å². The summed E-state index contributed by atoms with van der Waals surface area (Å²) in [6, 6.07) is 17.2. The highest BCUT2D eigenvalue weighted by Gasteiger charge is 2.21. The molecule has 3 nitrogen and oxygen atoms in total. The van der Waals surface area contributed by atoms with Crippen molar-refractivity contribution in [3.63, 3.8) is 0 Å². The molecule has 0 atom stereocenters. The number of para-hydroxylation sites is 1. The summed E-state index contributed by atoms with van der Waals surface area (Å²) in [5.41, 5.74) is 5.09. The molecule has 0 spiro atoms. The Labute approximate surface area is 125 Å². The number of benzene rings is 2. The highest BCUT2D eigenvalue weighted by atomic mass is 15.2. The van der Waals surface area contributed by atoms with Gasteiger partial charge in [-0.05, 0) is 17.2 Å². The minimum Gasteiger partial charge on any atom is -0.354 e. The molecular weight excluding hydrogens is 258 g/mol. The summed E-state index contributed by atoms with van der Waals surface area (Å²) in [6.07, 6.45) is 0.964. The molecule has 4 rings (SSSR count). The van der Waals surface area contributed by atoms with Crippen LogP contribution in [-0.4, -0.2) is 36.9 Å². The highest BCUT2D eigenvalue weighted by Crippen LogP contribution is 2.29. The zero-order valence-corrected chi connectivity index (χ0v) is 12.0. The summed E-state index contributed by atoms with van der Waals surface area (Å²) in [5.74, 6) is 1.14. The maximum atomic E-state index is 5.02. The van der Waals surface area contributed by atoms with Gasteiger partial charge in [-0.25, -0.2) is 4.99 Å². The van der Waals surface area contributed by atoms with Gasteiger partial charge in [-0.15, -0.1) is 0 Å². The Morgan fingerprint density at radius 2 is 1.57 bits per heavy atom. The van der Waals surface area contributed by atoms with Crippen molar-refractivity contribution >= 4 is 11.5 Å². The lowest BCUT2D eigenvalue weighted by Crippen LogP contribution is -2.46. The first-order valence-corrected chi connectivity index (χ1v) is 7.62. The number of nitrogens with zero attached hydrogens (tertiary/aromatic N) is 2. The molecular formula is C18H19N3. The summed E-state index contributed by atoms with van der Waals surface area (Å²) < 4.78 is 0. The van der Waals surface area contributed by atoms with Crippen molar-refractivity contribution in [2.24, 2.45) is 4.99 Å². The van der Waals surface area contributed by atoms with Crippen LogP contribution in [0.15, 0.2) is 53.5 Å². The zero-order valence-electron chi connectivity index (χ0n) is 12.0. The van der Waals surface area contributed by atoms with E-state index < -0.39 is 0 Å². The fourth-order valence-electron chi connectivity index (χ4n) is 3.16. The third kappa shape index (κ3) is 2.34. The maximum absolute atomic E-state index is 5.02. The third-order valence-corrected chi connectivity index (χ3v) is 4.27. The molecule has 0 unspecified atom stereocenters. The molecule has 2 aliphatic rings. The molecule has 0 aliphatic carbocycles. The van der Waals surface area contributed by atoms with Crippen LogP contribution in [0.25, 0.3) is 0 Å². The molecule has 0 aromatic heterocycles. The van der Waals surface area contributed by atoms with Crippen molar-refractivity contribution < 1.29 is 0 Å². The van der Waals surface area contributed by atoms with Gasteiger partial charge in [0.05, 0.1) is 5.69 Å². The van der Waals surface area contributed by atoms with Gasteiger partial charge >= 0.3 is 0 Å². The summed E-state index contributed by atoms with van der Waals surface area (Å²) in [4.78, 5) is 7.43. The van der Waals surface area contributed by atoms with E-state index in [9.17, 15) is 0 Å². The van der Waals surface area contributed by atoms with Crippen LogP contribution in [0.4, 0.5) is 5.69 Å². The van der Waals surface area contributed by atoms with Crippen LogP contribution >= 0.6 is 0 Å². The lowest BCUT2D eigenvalue weighted by atomic mass is 9.99. The normalized spacial score (nSPS) is 17.5. The molecule has 106 valence electrons. The minimum atomic E-state index is 0.964. The minimum absolute atomic E-state index is 0.964. The van der Waals surface area contributed by atoms with Crippen LogP contribution in [0.3, 0.4) is 0 Å². The van der Waals surface area contributed by atoms with Crippen molar-refractivity contribution in [2.45, 2.75) is 6.42 Å². The lowest BCUT2D eigenvalue weighted by molar-refractivity contribution is 0.358. The van der Waals surface area contributed by atoms with E-state index in [1.807, 2.05) is 0 Å². The summed E-state index contributed by atoms with van der Waals surface area (Å²) in [6.45, 7) is 4.11. The fraction of sp³-hybridized carbons (Fsp3) is 0.278. The summed E-state index contributed by atoms with van der Waals surface area (Å²) in [5, 5.41) is 3.42. The van der Waals surface area contributed by atoms with Gasteiger partial charge in [-0.3, -0.25) is 0 Å². The van der Waals surface area contributed by atoms with Crippen LogP contribution in [0, 0.1) is 0 Å². The molecule has 2 aliphatic heterocycles. The van der Waals surface area contributed by atoms with Crippen molar-refractivity contribution in [2.75, 3.05) is 26.2 Å². The quantitative estimate of drug-likeness (QED) is 0.801. The van der Waals surface area contributed by atoms with Gasteiger partial charge in [-0.1, -0.05) is 42.5 Å². The standard InChI is InChI=1S/C18H19N3/c1-3-7-16-14(5-1)13-15-6-2-4-8-17(15)20-18(16)21-11-9-19-10-12-21/h1-8,19H,9-13H2. The van der Waals surface area contributed by atoms with Gasteiger partial charge in [0.15, 0.2) is 0 Å². The second kappa shape index (κ2) is 5.34. The van der Waals surface area contributed by atoms with E-state index in [0.29, 0.717) is 0 Å². The van der Waals surface area contributed by atoms with Gasteiger partial charge < -0.3 is 10.2 Å². The fourth-order valence-corrected chi connectivity index (χ4v) is 3.16. The van der Waals surface area contributed by atoms with Crippen molar-refractivity contribution in [3.8, 4) is 0 Å². The molecule has 0 bridgehead atoms. The lowest BCUT2D eigenvalue weighted by Gasteiger charge is -2.30. The molecule has 2 aromatic rings. The number of piperazine rings is 1. The average Bonchev–Trinajstić information content (AvgIpc) is 2.72. The molecule has 3 heteroatoms. The number of hydrogen-bond acceptors (Lipinski definition) is 3. The number of hydrogen-bond donors (Lipinski definition) is 1. The zero-order chi connectivity index (χ0) is 14.1. The maximum Gasteiger partial charge on any atom is 0.136 e. The number of nitrogens with one attached hydrogen (secondary N) is 1. The predicted molar refractivity (Wildman–Crippen MR) is 86.3 cm³/mol. The van der Waals surface area contributed by atoms with E-state index in [2.05, 4.69) is 58.7 Å². The van der Waals surface area contributed by atoms with E-state index >= 15 is 0 Å². The first kappa shape index (κ1) is 12.6. The third-order valence-electron chi connectivity index (χ3n) is 4.27. The topological polar surface area (TPSA) is 27.6 Å². The number of rotatable bonds is 0. The molecule has 2 heterocycles. The van der Waals surface area contributed by atoms with Crippen molar-refractivity contribution in [1.29, 1.82) is 0 Å². The Kier molecular flexibility index (Phi) is 3.20. The Bertz CT molecular complexity index is 684. The second-order valence-corrected chi connectivity index (χ2v) is 5.64. The Morgan fingerprint density at radius 1 is 0.857 bits per heavy atom. The van der Waals surface area contributed by atoms with Gasteiger partial charge in [-0.2, -0.15) is 0 Å². The van der Waals surface area contributed by atoms with Gasteiger partial charge in [0.1, 0.15) is 5.84 Å². The molecule has 0 amide bonds. The number of amidine groups is 1. The Hall–Kier alpha value is -2.13. The molecule has 2 aromatic carbocycles. The van der Waals surface area contributed by atoms with E-state index in [0.717, 1.165) is 44.1 Å². The average molecular weight is 277 g/mol. The molecule has 0 radical (unpaired) electrons. The van der Waals surface area contributed by atoms with E-state index in [4.69, 9.17) is 4.99 Å². The smallest absolute Gasteiger partial charge is 0.136 e. The Balaban J connectivity index is 1.87. The molecule has 21 heavy (non-hydrogen) atoms. The van der Waals surface area contributed by atoms with Gasteiger partial charge in [0.2, 0.25) is 0 Å². The van der Waals surface area contributed by atoms with Crippen LogP contribution < -0.4 is 5.32 Å². The monoisotopic (exact) mass is 277 g/mol. The van der Waals surface area contributed by atoms with Crippen molar-refractivity contribution in [3.05, 3.63) is 65.2 Å². The van der Waals surface area contributed by atoms with Gasteiger partial charge in [0.25, 0.3) is 0 Å². The first-order chi connectivity index (χ1) is 10.4. The van der Waals surface area contributed by atoms with E-state index in [1.165, 1.54) is 16.7 Å². The van der Waals surface area contributed by atoms with Crippen LogP contribution in [-0.2, 0) is 6.42 Å². The second-order valence-electron chi connectivity index (χ2n) is 5.64. The SMILES string of the molecule is c1ccc2c(c1)Cc1ccccc1C(N1CCNCC1)=N2. The molecule has 0 saturated carbocycles. The summed E-state index contributed by atoms with van der Waals surface area (Å²) >= 11 is 0. The Morgan fingerprint density at radius 3 is 2.43 bits per heavy atom. The largest absolute Gasteiger partial charge is 0.354 e. The van der Waals surface area contributed by atoms with Crippen LogP contribution in [0.2, 0.25) is 0 Å². The van der Waals surface area contributed by atoms with Crippen LogP contribution in [0.1, 0.15) is 16.7 Å². The summed E-state index contributed by atoms with van der Waals surface area (Å²) in [7, 11) is 0. The molecule has 1 saturated heterocycles. The highest BCUT2D eigenvalue weighted by molar-refractivity contribution is 6.02. The van der Waals surface area contributed by atoms with Crippen LogP contribution in [0.5, 0.6) is 0 Å².